The summed E-state index contributed by atoms with van der Waals surface area (Å²) in [6, 6.07) is 5.67. The second-order valence-electron chi connectivity index (χ2n) is 4.82. The number of alkyl halides is 3. The average molecular weight is 339 g/mol. The molecule has 3 aromatic rings. The number of pyridine rings is 2. The van der Waals surface area contributed by atoms with Gasteiger partial charge in [-0.1, -0.05) is 6.92 Å². The molecule has 0 saturated carbocycles. The van der Waals surface area contributed by atoms with Gasteiger partial charge in [0.05, 0.1) is 15.7 Å². The van der Waals surface area contributed by atoms with Crippen molar-refractivity contribution < 1.29 is 17.4 Å². The summed E-state index contributed by atoms with van der Waals surface area (Å²) in [7, 11) is -1.23. The molecule has 0 aliphatic rings. The zero-order valence-corrected chi connectivity index (χ0v) is 12.8. The molecule has 3 aromatic heterocycles. The Hall–Kier alpha value is -2.22. The molecule has 1 unspecified atom stereocenters. The van der Waals surface area contributed by atoms with Gasteiger partial charge in [0.2, 0.25) is 0 Å². The molecule has 0 spiro atoms. The quantitative estimate of drug-likeness (QED) is 0.790. The minimum absolute atomic E-state index is 0.139. The number of hydrogen-bond acceptors (Lipinski definition) is 3. The highest BCUT2D eigenvalue weighted by Gasteiger charge is 2.32. The van der Waals surface area contributed by atoms with Crippen LogP contribution in [0.4, 0.5) is 13.2 Å². The largest absolute Gasteiger partial charge is 0.433 e. The Balaban J connectivity index is 2.13. The van der Waals surface area contributed by atoms with Crippen molar-refractivity contribution in [1.29, 1.82) is 0 Å². The monoisotopic (exact) mass is 339 g/mol. The minimum atomic E-state index is -4.50. The van der Waals surface area contributed by atoms with E-state index in [2.05, 4.69) is 15.0 Å². The van der Waals surface area contributed by atoms with Crippen LogP contribution in [0.1, 0.15) is 12.6 Å². The summed E-state index contributed by atoms with van der Waals surface area (Å²) in [5.74, 6) is 0.426. The Morgan fingerprint density at radius 1 is 1.26 bits per heavy atom. The molecule has 0 saturated heterocycles. The number of rotatable bonds is 3. The summed E-state index contributed by atoms with van der Waals surface area (Å²) in [4.78, 5) is 11.0. The predicted molar refractivity (Wildman–Crippen MR) is 81.3 cm³/mol. The second-order valence-corrected chi connectivity index (χ2v) is 6.53. The molecule has 1 atom stereocenters. The van der Waals surface area contributed by atoms with Gasteiger partial charge in [0.1, 0.15) is 11.3 Å². The summed E-state index contributed by atoms with van der Waals surface area (Å²) in [5.41, 5.74) is 0.392. The molecule has 0 aromatic carbocycles. The number of nitrogens with one attached hydrogen (secondary N) is 1. The van der Waals surface area contributed by atoms with Crippen LogP contribution >= 0.6 is 0 Å². The van der Waals surface area contributed by atoms with Crippen molar-refractivity contribution in [2.24, 2.45) is 0 Å². The van der Waals surface area contributed by atoms with E-state index in [0.717, 1.165) is 6.07 Å². The van der Waals surface area contributed by atoms with Gasteiger partial charge in [0.15, 0.2) is 0 Å². The lowest BCUT2D eigenvalue weighted by molar-refractivity contribution is -0.141. The smallest absolute Gasteiger partial charge is 0.339 e. The number of H-pyrrole nitrogens is 1. The first kappa shape index (κ1) is 15.7. The number of halogens is 3. The first-order chi connectivity index (χ1) is 10.9. The van der Waals surface area contributed by atoms with Gasteiger partial charge in [0, 0.05) is 34.8 Å². The van der Waals surface area contributed by atoms with Crippen molar-refractivity contribution in [2.45, 2.75) is 18.0 Å². The van der Waals surface area contributed by atoms with Crippen LogP contribution in [-0.4, -0.2) is 24.9 Å². The SMILES string of the molecule is CCS(=O)c1cnccc1-c1cc2ccc(C(F)(F)F)nc2[nH]1. The lowest BCUT2D eigenvalue weighted by Gasteiger charge is -2.05. The second kappa shape index (κ2) is 5.77. The molecule has 0 aliphatic heterocycles. The fourth-order valence-electron chi connectivity index (χ4n) is 2.25. The third-order valence-electron chi connectivity index (χ3n) is 3.35. The van der Waals surface area contributed by atoms with E-state index >= 15 is 0 Å². The number of aromatic nitrogens is 3. The van der Waals surface area contributed by atoms with Gasteiger partial charge in [-0.05, 0) is 24.3 Å². The third-order valence-corrected chi connectivity index (χ3v) is 4.69. The third kappa shape index (κ3) is 2.98. The van der Waals surface area contributed by atoms with Crippen LogP contribution in [0.25, 0.3) is 22.3 Å². The van der Waals surface area contributed by atoms with E-state index in [4.69, 9.17) is 0 Å². The number of aromatic amines is 1. The lowest BCUT2D eigenvalue weighted by atomic mass is 10.2. The molecule has 8 heteroatoms. The van der Waals surface area contributed by atoms with E-state index in [0.29, 0.717) is 27.3 Å². The fourth-order valence-corrected chi connectivity index (χ4v) is 3.16. The molecule has 0 aliphatic carbocycles. The van der Waals surface area contributed by atoms with Gasteiger partial charge in [-0.2, -0.15) is 13.2 Å². The molecule has 3 heterocycles. The first-order valence-corrected chi connectivity index (χ1v) is 8.11. The van der Waals surface area contributed by atoms with E-state index in [1.54, 1.807) is 25.3 Å². The van der Waals surface area contributed by atoms with Crippen LogP contribution in [0.2, 0.25) is 0 Å². The van der Waals surface area contributed by atoms with E-state index in [-0.39, 0.29) is 5.65 Å². The Bertz CT molecular complexity index is 889. The molecule has 0 amide bonds. The summed E-state index contributed by atoms with van der Waals surface area (Å²) in [5, 5.41) is 0.554. The number of hydrogen-bond donors (Lipinski definition) is 1. The Labute approximate surface area is 132 Å². The molecule has 4 nitrogen and oxygen atoms in total. The van der Waals surface area contributed by atoms with Gasteiger partial charge in [-0.3, -0.25) is 9.19 Å². The molecule has 1 N–H and O–H groups in total. The van der Waals surface area contributed by atoms with Crippen molar-refractivity contribution >= 4 is 21.8 Å². The minimum Gasteiger partial charge on any atom is -0.339 e. The van der Waals surface area contributed by atoms with E-state index in [9.17, 15) is 17.4 Å². The molecular weight excluding hydrogens is 327 g/mol. The molecule has 0 bridgehead atoms. The first-order valence-electron chi connectivity index (χ1n) is 6.80. The summed E-state index contributed by atoms with van der Waals surface area (Å²) in [6.45, 7) is 1.79. The van der Waals surface area contributed by atoms with Gasteiger partial charge in [-0.15, -0.1) is 0 Å². The molecule has 0 radical (unpaired) electrons. The van der Waals surface area contributed by atoms with Gasteiger partial charge in [0.25, 0.3) is 0 Å². The highest BCUT2D eigenvalue weighted by atomic mass is 32.2. The molecule has 23 heavy (non-hydrogen) atoms. The maximum Gasteiger partial charge on any atom is 0.433 e. The van der Waals surface area contributed by atoms with Crippen LogP contribution in [0.3, 0.4) is 0 Å². The average Bonchev–Trinajstić information content (AvgIpc) is 2.96. The molecule has 0 fully saturated rings. The van der Waals surface area contributed by atoms with Crippen molar-refractivity contribution in [3.05, 3.63) is 42.4 Å². The number of nitrogens with zero attached hydrogens (tertiary/aromatic N) is 2. The van der Waals surface area contributed by atoms with Crippen LogP contribution < -0.4 is 0 Å². The molecular formula is C15H12F3N3OS. The maximum atomic E-state index is 12.7. The Morgan fingerprint density at radius 3 is 2.74 bits per heavy atom. The van der Waals surface area contributed by atoms with Gasteiger partial charge >= 0.3 is 6.18 Å². The topological polar surface area (TPSA) is 58.6 Å². The van der Waals surface area contributed by atoms with Crippen molar-refractivity contribution in [3.8, 4) is 11.3 Å². The van der Waals surface area contributed by atoms with Crippen LogP contribution in [0.5, 0.6) is 0 Å². The Morgan fingerprint density at radius 2 is 2.04 bits per heavy atom. The van der Waals surface area contributed by atoms with Crippen LogP contribution in [0, 0.1) is 0 Å². The van der Waals surface area contributed by atoms with Crippen LogP contribution in [0.15, 0.2) is 41.6 Å². The van der Waals surface area contributed by atoms with E-state index < -0.39 is 22.7 Å². The zero-order valence-electron chi connectivity index (χ0n) is 12.0. The fraction of sp³-hybridized carbons (Fsp3) is 0.200. The highest BCUT2D eigenvalue weighted by molar-refractivity contribution is 7.85. The van der Waals surface area contributed by atoms with Crippen molar-refractivity contribution in [3.63, 3.8) is 0 Å². The van der Waals surface area contributed by atoms with Gasteiger partial charge < -0.3 is 4.98 Å². The van der Waals surface area contributed by atoms with Crippen molar-refractivity contribution in [1.82, 2.24) is 15.0 Å². The Kier molecular flexibility index (Phi) is 3.93. The highest BCUT2D eigenvalue weighted by Crippen LogP contribution is 2.31. The zero-order chi connectivity index (χ0) is 16.6. The van der Waals surface area contributed by atoms with Crippen molar-refractivity contribution in [2.75, 3.05) is 5.75 Å². The summed E-state index contributed by atoms with van der Waals surface area (Å²) >= 11 is 0. The molecule has 3 rings (SSSR count). The van der Waals surface area contributed by atoms with Crippen LogP contribution in [-0.2, 0) is 17.0 Å². The van der Waals surface area contributed by atoms with E-state index in [1.807, 2.05) is 0 Å². The van der Waals surface area contributed by atoms with E-state index in [1.165, 1.54) is 12.3 Å². The normalized spacial score (nSPS) is 13.4. The maximum absolute atomic E-state index is 12.7. The number of fused-ring (bicyclic) bond motifs is 1. The standard InChI is InChI=1S/C15H12F3N3OS/c1-2-23(22)12-8-19-6-5-10(12)11-7-9-3-4-13(15(16,17)18)21-14(9)20-11/h3-8H,2H2,1H3,(H,20,21). The lowest BCUT2D eigenvalue weighted by Crippen LogP contribution is -2.07. The molecule has 120 valence electrons. The summed E-state index contributed by atoms with van der Waals surface area (Å²) < 4.78 is 50.3. The summed E-state index contributed by atoms with van der Waals surface area (Å²) in [6.07, 6.45) is -1.44. The predicted octanol–water partition coefficient (Wildman–Crippen LogP) is 3.77. The van der Waals surface area contributed by atoms with Gasteiger partial charge in [-0.25, -0.2) is 4.98 Å².